The summed E-state index contributed by atoms with van der Waals surface area (Å²) in [5.41, 5.74) is 4.15. The molecule has 11 heteroatoms. The van der Waals surface area contributed by atoms with Crippen LogP contribution in [0.1, 0.15) is 29.2 Å². The van der Waals surface area contributed by atoms with Gasteiger partial charge in [-0.15, -0.1) is 11.8 Å². The van der Waals surface area contributed by atoms with Crippen molar-refractivity contribution in [1.82, 2.24) is 15.1 Å². The highest BCUT2D eigenvalue weighted by atomic mass is 32.2. The summed E-state index contributed by atoms with van der Waals surface area (Å²) in [6.07, 6.45) is 1.89. The smallest absolute Gasteiger partial charge is 0.240 e. The van der Waals surface area contributed by atoms with E-state index in [0.717, 1.165) is 40.9 Å². The summed E-state index contributed by atoms with van der Waals surface area (Å²) in [6.45, 7) is 1.13. The molecule has 0 spiro atoms. The van der Waals surface area contributed by atoms with Crippen LogP contribution in [0.4, 0.5) is 5.82 Å². The normalized spacial score (nSPS) is 19.0. The van der Waals surface area contributed by atoms with Crippen molar-refractivity contribution in [3.63, 3.8) is 0 Å². The maximum Gasteiger partial charge on any atom is 0.240 e. The van der Waals surface area contributed by atoms with Gasteiger partial charge in [0, 0.05) is 24.3 Å². The highest BCUT2D eigenvalue weighted by molar-refractivity contribution is 8.00. The number of carbonyl (C=O) groups excluding carboxylic acids is 2. The molecule has 0 unspecified atom stereocenters. The van der Waals surface area contributed by atoms with Crippen LogP contribution >= 0.6 is 11.8 Å². The summed E-state index contributed by atoms with van der Waals surface area (Å²) >= 11 is 1.51. The van der Waals surface area contributed by atoms with Gasteiger partial charge in [-0.1, -0.05) is 36.4 Å². The zero-order valence-electron chi connectivity index (χ0n) is 24.2. The Kier molecular flexibility index (Phi) is 7.88. The molecular formula is C33H32N4O6S. The standard InChI is InChI=1S/C33H32N4O6S/c1-40-24-12-10-23(11-13-24)37-33-30(31(35-37)21-6-3-2-4-7-21)32(22-9-14-26-27(16-22)43-20-42-26)44-19-29(39)36(33)18-28(38)34-17-25-8-5-15-41-25/h2-4,6-7,9-14,16,25,32H,5,8,15,17-20H2,1H3,(H,34,38)/t25-,32+/m1/s1. The number of nitrogens with zero attached hydrogens (tertiary/aromatic N) is 3. The van der Waals surface area contributed by atoms with Gasteiger partial charge in [0.05, 0.1) is 35.6 Å². The van der Waals surface area contributed by atoms with Crippen molar-refractivity contribution in [2.45, 2.75) is 24.2 Å². The first kappa shape index (κ1) is 28.3. The number of benzene rings is 3. The van der Waals surface area contributed by atoms with Crippen molar-refractivity contribution in [2.75, 3.05) is 44.3 Å². The minimum Gasteiger partial charge on any atom is -0.497 e. The summed E-state index contributed by atoms with van der Waals surface area (Å²) in [7, 11) is 1.62. The van der Waals surface area contributed by atoms with Gasteiger partial charge in [-0.05, 0) is 54.8 Å². The van der Waals surface area contributed by atoms with Gasteiger partial charge in [0.15, 0.2) is 11.5 Å². The quantitative estimate of drug-likeness (QED) is 0.304. The molecule has 3 aromatic carbocycles. The van der Waals surface area contributed by atoms with E-state index >= 15 is 0 Å². The minimum atomic E-state index is -0.286. The van der Waals surface area contributed by atoms with Crippen LogP contribution in [0.15, 0.2) is 72.8 Å². The Hall–Kier alpha value is -4.48. The van der Waals surface area contributed by atoms with Crippen molar-refractivity contribution in [3.8, 4) is 34.2 Å². The fourth-order valence-electron chi connectivity index (χ4n) is 5.80. The Morgan fingerprint density at radius 3 is 2.66 bits per heavy atom. The third-order valence-electron chi connectivity index (χ3n) is 8.01. The van der Waals surface area contributed by atoms with Gasteiger partial charge in [0.1, 0.15) is 18.1 Å². The molecule has 3 aliphatic rings. The van der Waals surface area contributed by atoms with E-state index in [2.05, 4.69) is 5.32 Å². The lowest BCUT2D eigenvalue weighted by atomic mass is 9.99. The highest BCUT2D eigenvalue weighted by Gasteiger charge is 2.38. The maximum absolute atomic E-state index is 14.0. The van der Waals surface area contributed by atoms with E-state index in [1.165, 1.54) is 11.8 Å². The van der Waals surface area contributed by atoms with Crippen LogP contribution < -0.4 is 24.4 Å². The fourth-order valence-corrected chi connectivity index (χ4v) is 6.99. The summed E-state index contributed by atoms with van der Waals surface area (Å²) in [4.78, 5) is 28.9. The van der Waals surface area contributed by atoms with Crippen LogP contribution in [-0.4, -0.2) is 67.1 Å². The van der Waals surface area contributed by atoms with Crippen LogP contribution in [-0.2, 0) is 14.3 Å². The number of ether oxygens (including phenoxy) is 4. The van der Waals surface area contributed by atoms with E-state index < -0.39 is 0 Å². The van der Waals surface area contributed by atoms with Gasteiger partial charge in [-0.3, -0.25) is 14.5 Å². The number of anilines is 1. The number of methoxy groups -OCH3 is 1. The fraction of sp³-hybridized carbons (Fsp3) is 0.303. The highest BCUT2D eigenvalue weighted by Crippen LogP contribution is 2.50. The van der Waals surface area contributed by atoms with E-state index in [-0.39, 0.29) is 42.3 Å². The average Bonchev–Trinajstić information content (AvgIpc) is 3.82. The molecule has 7 rings (SSSR count). The second-order valence-corrected chi connectivity index (χ2v) is 11.9. The number of hydrogen-bond acceptors (Lipinski definition) is 8. The molecule has 0 radical (unpaired) electrons. The number of aromatic nitrogens is 2. The number of carbonyl (C=O) groups is 2. The first-order valence-corrected chi connectivity index (χ1v) is 15.7. The summed E-state index contributed by atoms with van der Waals surface area (Å²) < 4.78 is 24.2. The van der Waals surface area contributed by atoms with Crippen molar-refractivity contribution >= 4 is 29.4 Å². The summed E-state index contributed by atoms with van der Waals surface area (Å²) in [6, 6.07) is 23.3. The Labute approximate surface area is 259 Å². The number of fused-ring (bicyclic) bond motifs is 2. The van der Waals surface area contributed by atoms with Crippen molar-refractivity contribution in [3.05, 3.63) is 83.9 Å². The molecule has 10 nitrogen and oxygen atoms in total. The number of nitrogens with one attached hydrogen (secondary N) is 1. The number of rotatable bonds is 8. The molecule has 1 N–H and O–H groups in total. The van der Waals surface area contributed by atoms with E-state index in [0.29, 0.717) is 36.2 Å². The van der Waals surface area contributed by atoms with E-state index in [9.17, 15) is 9.59 Å². The molecule has 3 aliphatic heterocycles. The average molecular weight is 613 g/mol. The third kappa shape index (κ3) is 5.48. The van der Waals surface area contributed by atoms with Crippen LogP contribution in [0.2, 0.25) is 0 Å². The first-order valence-electron chi connectivity index (χ1n) is 14.6. The number of thioether (sulfide) groups is 1. The molecule has 226 valence electrons. The van der Waals surface area contributed by atoms with Crippen LogP contribution in [0.25, 0.3) is 16.9 Å². The predicted octanol–water partition coefficient (Wildman–Crippen LogP) is 4.74. The van der Waals surface area contributed by atoms with Crippen molar-refractivity contribution in [1.29, 1.82) is 0 Å². The lowest BCUT2D eigenvalue weighted by Gasteiger charge is -2.23. The molecule has 0 saturated carbocycles. The zero-order valence-corrected chi connectivity index (χ0v) is 25.0. The SMILES string of the molecule is COc1ccc(-n2nc(-c3ccccc3)c3c2N(CC(=O)NC[C@H]2CCCO2)C(=O)CS[C@H]3c2ccc3c(c2)OCO3)cc1. The van der Waals surface area contributed by atoms with Gasteiger partial charge in [-0.25, -0.2) is 4.68 Å². The van der Waals surface area contributed by atoms with Gasteiger partial charge in [0.2, 0.25) is 18.6 Å². The molecule has 44 heavy (non-hydrogen) atoms. The lowest BCUT2D eigenvalue weighted by molar-refractivity contribution is -0.123. The molecule has 1 fully saturated rings. The molecule has 0 aliphatic carbocycles. The Balaban J connectivity index is 1.38. The van der Waals surface area contributed by atoms with E-state index in [4.69, 9.17) is 24.0 Å². The number of amides is 2. The van der Waals surface area contributed by atoms with Crippen LogP contribution in [0.3, 0.4) is 0 Å². The van der Waals surface area contributed by atoms with E-state index in [1.54, 1.807) is 16.7 Å². The topological polar surface area (TPSA) is 104 Å². The minimum absolute atomic E-state index is 0.00481. The Morgan fingerprint density at radius 2 is 1.89 bits per heavy atom. The monoisotopic (exact) mass is 612 g/mol. The molecule has 1 aromatic heterocycles. The van der Waals surface area contributed by atoms with Gasteiger partial charge in [-0.2, -0.15) is 5.10 Å². The Morgan fingerprint density at radius 1 is 1.07 bits per heavy atom. The van der Waals surface area contributed by atoms with Crippen LogP contribution in [0, 0.1) is 0 Å². The van der Waals surface area contributed by atoms with E-state index in [1.807, 2.05) is 72.8 Å². The second-order valence-electron chi connectivity index (χ2n) is 10.8. The van der Waals surface area contributed by atoms with Gasteiger partial charge < -0.3 is 24.3 Å². The molecular weight excluding hydrogens is 580 g/mol. The van der Waals surface area contributed by atoms with Gasteiger partial charge >= 0.3 is 0 Å². The van der Waals surface area contributed by atoms with Crippen LogP contribution in [0.5, 0.6) is 17.2 Å². The summed E-state index contributed by atoms with van der Waals surface area (Å²) in [5, 5.41) is 7.84. The largest absolute Gasteiger partial charge is 0.497 e. The molecule has 1 saturated heterocycles. The van der Waals surface area contributed by atoms with Gasteiger partial charge in [0.25, 0.3) is 0 Å². The predicted molar refractivity (Wildman–Crippen MR) is 167 cm³/mol. The summed E-state index contributed by atoms with van der Waals surface area (Å²) in [5.74, 6) is 2.34. The number of hydrogen-bond donors (Lipinski definition) is 1. The Bertz CT molecular complexity index is 1670. The second kappa shape index (κ2) is 12.3. The molecule has 4 heterocycles. The molecule has 0 bridgehead atoms. The lowest BCUT2D eigenvalue weighted by Crippen LogP contribution is -2.44. The maximum atomic E-state index is 14.0. The molecule has 2 atom stereocenters. The van der Waals surface area contributed by atoms with Crippen molar-refractivity contribution in [2.24, 2.45) is 0 Å². The van der Waals surface area contributed by atoms with Crippen molar-refractivity contribution < 1.29 is 28.5 Å². The third-order valence-corrected chi connectivity index (χ3v) is 9.26. The zero-order chi connectivity index (χ0) is 30.0. The first-order chi connectivity index (χ1) is 21.6. The molecule has 4 aromatic rings. The molecule has 2 amide bonds.